The summed E-state index contributed by atoms with van der Waals surface area (Å²) in [5, 5.41) is 0. The third-order valence-corrected chi connectivity index (χ3v) is 0. The summed E-state index contributed by atoms with van der Waals surface area (Å²) in [6, 6.07) is 0. The average Bonchev–Trinajstić information content (AvgIpc) is 0.811. The number of hydrogen-bond acceptors (Lipinski definition) is 1. The highest BCUT2D eigenvalue weighted by atomic mass is 32.1. The Hall–Kier alpha value is 0.585. The summed E-state index contributed by atoms with van der Waals surface area (Å²) in [7, 11) is 6.97. The highest BCUT2D eigenvalue weighted by Gasteiger charge is 1.56. The van der Waals surface area contributed by atoms with Gasteiger partial charge in [-0.25, -0.2) is 0 Å². The molecule has 1 unspecified atom stereocenters. The molecule has 0 heterocycles. The second kappa shape index (κ2) is 1.86. The third-order valence-electron chi connectivity index (χ3n) is 0. The summed E-state index contributed by atoms with van der Waals surface area (Å²) >= 11 is 4.28. The van der Waals surface area contributed by atoms with Crippen molar-refractivity contribution in [2.45, 2.75) is 0 Å². The van der Waals surface area contributed by atoms with Gasteiger partial charge in [-0.3, -0.25) is 0 Å². The van der Waals surface area contributed by atoms with Gasteiger partial charge in [0, 0.05) is 0 Å². The number of thiocarbonyl (C=S) groups is 1. The van der Waals surface area contributed by atoms with Crippen LogP contribution >= 0.6 is 21.5 Å². The van der Waals surface area contributed by atoms with Crippen LogP contribution in [0.4, 0.5) is 0 Å². The molecule has 0 rings (SSSR count). The van der Waals surface area contributed by atoms with Crippen molar-refractivity contribution in [2.24, 2.45) is 0 Å². The molecule has 3 heteroatoms. The molecule has 1 atom stereocenters. The predicted octanol–water partition coefficient (Wildman–Crippen LogP) is 0.315. The van der Waals surface area contributed by atoms with Crippen LogP contribution < -0.4 is 0 Å². The van der Waals surface area contributed by atoms with Gasteiger partial charge >= 0.3 is 0 Å². The van der Waals surface area contributed by atoms with Crippen LogP contribution in [0.25, 0.3) is 0 Å². The first-order chi connectivity index (χ1) is 1.73. The quantitative estimate of drug-likeness (QED) is 0.233. The lowest BCUT2D eigenvalue weighted by atomic mass is 10.2. The van der Waals surface area contributed by atoms with Gasteiger partial charge in [0.2, 0.25) is 0 Å². The standard InChI is InChI=1S/CH2BPS/c2-1(3)4/h3H2. The molecule has 20 valence electrons. The van der Waals surface area contributed by atoms with E-state index in [4.69, 9.17) is 7.85 Å². The van der Waals surface area contributed by atoms with E-state index in [9.17, 15) is 0 Å². The molecule has 2 radical (unpaired) electrons. The lowest BCUT2D eigenvalue weighted by Crippen LogP contribution is -1.67. The van der Waals surface area contributed by atoms with Crippen LogP contribution in [0.1, 0.15) is 0 Å². The molecular formula is CH2BPS. The van der Waals surface area contributed by atoms with E-state index in [-0.39, 0.29) is 0 Å². The molecule has 0 saturated carbocycles. The molecular weight excluding hydrogens is 85.9 g/mol. The fourth-order valence-corrected chi connectivity index (χ4v) is 0. The van der Waals surface area contributed by atoms with Gasteiger partial charge in [-0.2, -0.15) is 0 Å². The molecule has 4 heavy (non-hydrogen) atoms. The molecule has 0 aromatic heterocycles. The maximum Gasteiger partial charge on any atom is 0.130 e. The van der Waals surface area contributed by atoms with Crippen LogP contribution in [0.15, 0.2) is 0 Å². The van der Waals surface area contributed by atoms with Crippen LogP contribution in [0.3, 0.4) is 0 Å². The fourth-order valence-electron chi connectivity index (χ4n) is 0. The Morgan fingerprint density at radius 3 is 2.00 bits per heavy atom. The average molecular weight is 87.9 g/mol. The molecule has 0 amide bonds. The maximum absolute atomic E-state index is 4.81. The lowest BCUT2D eigenvalue weighted by molar-refractivity contribution is 3.97. The second-order valence-corrected chi connectivity index (χ2v) is 1.91. The van der Waals surface area contributed by atoms with Gasteiger partial charge in [0.15, 0.2) is 0 Å². The van der Waals surface area contributed by atoms with Gasteiger partial charge in [-0.1, -0.05) is 12.2 Å². The SMILES string of the molecule is [B]C(P)=S. The van der Waals surface area contributed by atoms with Gasteiger partial charge in [-0.15, -0.1) is 9.24 Å². The summed E-state index contributed by atoms with van der Waals surface area (Å²) in [6.45, 7) is 0. The topological polar surface area (TPSA) is 0 Å². The van der Waals surface area contributed by atoms with Crippen molar-refractivity contribution < 1.29 is 0 Å². The van der Waals surface area contributed by atoms with Crippen molar-refractivity contribution in [3.8, 4) is 0 Å². The zero-order valence-electron chi connectivity index (χ0n) is 2.06. The summed E-state index contributed by atoms with van der Waals surface area (Å²) in [5.41, 5.74) is 0. The molecule has 0 aromatic rings. The molecule has 0 fully saturated rings. The van der Waals surface area contributed by atoms with Crippen LogP contribution in [0.2, 0.25) is 0 Å². The Kier molecular flexibility index (Phi) is 2.14. The minimum Gasteiger partial charge on any atom is -0.110 e. The molecule has 0 N–H and O–H groups in total. The lowest BCUT2D eigenvalue weighted by Gasteiger charge is -1.61. The Balaban J connectivity index is 2.80. The summed E-state index contributed by atoms with van der Waals surface area (Å²) in [5.74, 6) is 0. The van der Waals surface area contributed by atoms with Crippen molar-refractivity contribution in [2.75, 3.05) is 0 Å². The molecule has 0 saturated heterocycles. The molecule has 0 aliphatic carbocycles. The van der Waals surface area contributed by atoms with Crippen LogP contribution in [-0.2, 0) is 0 Å². The maximum atomic E-state index is 4.81. The van der Waals surface area contributed by atoms with Crippen molar-refractivity contribution in [3.63, 3.8) is 0 Å². The number of hydrogen-bond donors (Lipinski definition) is 0. The molecule has 0 aliphatic heterocycles. The van der Waals surface area contributed by atoms with Crippen molar-refractivity contribution >= 4 is 33.8 Å². The van der Waals surface area contributed by atoms with Gasteiger partial charge in [0.25, 0.3) is 0 Å². The minimum absolute atomic E-state index is 0.417. The fraction of sp³-hybridized carbons (Fsp3) is 0. The Labute approximate surface area is 34.6 Å². The van der Waals surface area contributed by atoms with Gasteiger partial charge < -0.3 is 0 Å². The first-order valence-electron chi connectivity index (χ1n) is 0.781. The van der Waals surface area contributed by atoms with Crippen LogP contribution in [0.5, 0.6) is 0 Å². The van der Waals surface area contributed by atoms with Crippen LogP contribution in [0, 0.1) is 0 Å². The van der Waals surface area contributed by atoms with E-state index in [1.54, 1.807) is 0 Å². The molecule has 0 spiro atoms. The summed E-state index contributed by atoms with van der Waals surface area (Å²) < 4.78 is 0.417. The normalized spacial score (nSPS) is 6.25. The zero-order chi connectivity index (χ0) is 3.58. The summed E-state index contributed by atoms with van der Waals surface area (Å²) in [6.07, 6.45) is 0. The first kappa shape index (κ1) is 4.58. The van der Waals surface area contributed by atoms with E-state index in [2.05, 4.69) is 21.5 Å². The zero-order valence-corrected chi connectivity index (χ0v) is 4.03. The monoisotopic (exact) mass is 88.0 g/mol. The van der Waals surface area contributed by atoms with Crippen molar-refractivity contribution in [3.05, 3.63) is 0 Å². The minimum atomic E-state index is 0.417. The highest BCUT2D eigenvalue weighted by molar-refractivity contribution is 7.93. The Morgan fingerprint density at radius 2 is 2.00 bits per heavy atom. The molecule has 0 nitrogen and oxygen atoms in total. The first-order valence-corrected chi connectivity index (χ1v) is 1.77. The van der Waals surface area contributed by atoms with E-state index in [1.165, 1.54) is 0 Å². The Morgan fingerprint density at radius 1 is 2.00 bits per heavy atom. The third kappa shape index (κ3) is 19.0. The van der Waals surface area contributed by atoms with E-state index >= 15 is 0 Å². The van der Waals surface area contributed by atoms with Gasteiger partial charge in [0.05, 0.1) is 0 Å². The van der Waals surface area contributed by atoms with E-state index in [1.807, 2.05) is 0 Å². The number of rotatable bonds is 0. The molecule has 0 bridgehead atoms. The van der Waals surface area contributed by atoms with E-state index < -0.39 is 0 Å². The molecule has 0 aliphatic rings. The largest absolute Gasteiger partial charge is 0.130 e. The van der Waals surface area contributed by atoms with E-state index in [0.29, 0.717) is 4.51 Å². The predicted molar refractivity (Wildman–Crippen MR) is 28.1 cm³/mol. The van der Waals surface area contributed by atoms with Crippen LogP contribution in [-0.4, -0.2) is 12.4 Å². The summed E-state index contributed by atoms with van der Waals surface area (Å²) in [4.78, 5) is 0. The van der Waals surface area contributed by atoms with E-state index in [0.717, 1.165) is 0 Å². The van der Waals surface area contributed by atoms with Gasteiger partial charge in [0.1, 0.15) is 7.85 Å². The Bertz CT molecular complexity index is 31.0. The molecule has 0 aromatic carbocycles. The van der Waals surface area contributed by atoms with Gasteiger partial charge in [-0.05, 0) is 4.51 Å². The highest BCUT2D eigenvalue weighted by Crippen LogP contribution is 1.76. The smallest absolute Gasteiger partial charge is 0.110 e. The van der Waals surface area contributed by atoms with Crippen molar-refractivity contribution in [1.29, 1.82) is 0 Å². The van der Waals surface area contributed by atoms with Crippen molar-refractivity contribution in [1.82, 2.24) is 0 Å². The second-order valence-electron chi connectivity index (χ2n) is 0.402.